The van der Waals surface area contributed by atoms with Gasteiger partial charge in [0.2, 0.25) is 12.3 Å². The molecule has 0 spiro atoms. The van der Waals surface area contributed by atoms with Gasteiger partial charge >= 0.3 is 0 Å². The number of aryl methyl sites for hydroxylation is 1. The van der Waals surface area contributed by atoms with Crippen LogP contribution in [0.5, 0.6) is 0 Å². The minimum atomic E-state index is -0.435. The molecule has 0 aliphatic carbocycles. The highest BCUT2D eigenvalue weighted by molar-refractivity contribution is 6.00. The predicted molar refractivity (Wildman–Crippen MR) is 113 cm³/mol. The van der Waals surface area contributed by atoms with Gasteiger partial charge in [-0.2, -0.15) is 0 Å². The van der Waals surface area contributed by atoms with Crippen LogP contribution in [-0.4, -0.2) is 33.1 Å². The van der Waals surface area contributed by atoms with E-state index in [1.54, 1.807) is 13.1 Å². The average Bonchev–Trinajstić information content (AvgIpc) is 3.31. The van der Waals surface area contributed by atoms with Crippen molar-refractivity contribution in [2.24, 2.45) is 0 Å². The molecule has 1 amide bonds. The summed E-state index contributed by atoms with van der Waals surface area (Å²) in [5.74, 6) is 0.557. The highest BCUT2D eigenvalue weighted by atomic mass is 19.1. The summed E-state index contributed by atoms with van der Waals surface area (Å²) in [5.41, 5.74) is 3.37. The normalized spacial score (nSPS) is 10.5. The highest BCUT2D eigenvalue weighted by Gasteiger charge is 2.14. The summed E-state index contributed by atoms with van der Waals surface area (Å²) in [4.78, 5) is 20.6. The van der Waals surface area contributed by atoms with Crippen LogP contribution in [0.25, 0.3) is 11.5 Å². The zero-order chi connectivity index (χ0) is 21.8. The fraction of sp³-hybridized carbons (Fsp3) is 0.0952. The van der Waals surface area contributed by atoms with Crippen molar-refractivity contribution in [3.05, 3.63) is 72.1 Å². The molecule has 156 valence electrons. The summed E-state index contributed by atoms with van der Waals surface area (Å²) in [5, 5.41) is 16.5. The quantitative estimate of drug-likeness (QED) is 0.432. The van der Waals surface area contributed by atoms with Gasteiger partial charge in [-0.05, 0) is 42.8 Å². The lowest BCUT2D eigenvalue weighted by Gasteiger charge is -2.15. The second kappa shape index (κ2) is 8.57. The second-order valence-corrected chi connectivity index (χ2v) is 6.58. The summed E-state index contributed by atoms with van der Waals surface area (Å²) in [6.45, 7) is 1.92. The third-order valence-electron chi connectivity index (χ3n) is 4.46. The first-order valence-electron chi connectivity index (χ1n) is 9.28. The summed E-state index contributed by atoms with van der Waals surface area (Å²) < 4.78 is 18.3. The van der Waals surface area contributed by atoms with Crippen molar-refractivity contribution in [1.29, 1.82) is 0 Å². The topological polar surface area (TPSA) is 118 Å². The van der Waals surface area contributed by atoms with Gasteiger partial charge in [0.05, 0.1) is 17.4 Å². The Labute approximate surface area is 176 Å². The molecule has 10 heteroatoms. The first-order chi connectivity index (χ1) is 15.0. The van der Waals surface area contributed by atoms with Crippen LogP contribution in [0.15, 0.2) is 59.6 Å². The smallest absolute Gasteiger partial charge is 0.254 e. The Bertz CT molecular complexity index is 1210. The minimum absolute atomic E-state index is 0.290. The summed E-state index contributed by atoms with van der Waals surface area (Å²) in [7, 11) is 1.55. The number of nitrogens with one attached hydrogen (secondary N) is 3. The molecule has 4 rings (SSSR count). The fourth-order valence-electron chi connectivity index (χ4n) is 2.90. The van der Waals surface area contributed by atoms with Crippen molar-refractivity contribution in [3.8, 4) is 11.5 Å². The van der Waals surface area contributed by atoms with Crippen molar-refractivity contribution in [1.82, 2.24) is 25.5 Å². The number of rotatable bonds is 6. The van der Waals surface area contributed by atoms with Gasteiger partial charge in [-0.15, -0.1) is 10.2 Å². The maximum atomic E-state index is 13.1. The van der Waals surface area contributed by atoms with E-state index < -0.39 is 5.82 Å². The van der Waals surface area contributed by atoms with E-state index in [0.29, 0.717) is 28.8 Å². The maximum absolute atomic E-state index is 13.1. The Morgan fingerprint density at radius 3 is 2.52 bits per heavy atom. The predicted octanol–water partition coefficient (Wildman–Crippen LogP) is 3.82. The molecule has 0 saturated heterocycles. The first-order valence-corrected chi connectivity index (χ1v) is 9.28. The average molecular weight is 419 g/mol. The highest BCUT2D eigenvalue weighted by Crippen LogP contribution is 2.29. The molecular weight excluding hydrogens is 401 g/mol. The van der Waals surface area contributed by atoms with Crippen LogP contribution >= 0.6 is 0 Å². The summed E-state index contributed by atoms with van der Waals surface area (Å²) in [6, 6.07) is 10.1. The molecule has 31 heavy (non-hydrogen) atoms. The van der Waals surface area contributed by atoms with E-state index in [9.17, 15) is 9.18 Å². The summed E-state index contributed by atoms with van der Waals surface area (Å²) >= 11 is 0. The van der Waals surface area contributed by atoms with Crippen molar-refractivity contribution in [2.75, 3.05) is 17.7 Å². The van der Waals surface area contributed by atoms with Crippen molar-refractivity contribution in [3.63, 3.8) is 0 Å². The molecule has 0 bridgehead atoms. The van der Waals surface area contributed by atoms with E-state index in [4.69, 9.17) is 4.42 Å². The molecule has 0 atom stereocenters. The lowest BCUT2D eigenvalue weighted by Crippen LogP contribution is -2.19. The van der Waals surface area contributed by atoms with E-state index in [1.165, 1.54) is 24.7 Å². The molecule has 4 aromatic rings. The fourth-order valence-corrected chi connectivity index (χ4v) is 2.90. The van der Waals surface area contributed by atoms with Gasteiger partial charge in [0.25, 0.3) is 5.91 Å². The molecule has 0 fully saturated rings. The van der Waals surface area contributed by atoms with Crippen LogP contribution in [0.3, 0.4) is 0 Å². The lowest BCUT2D eigenvalue weighted by molar-refractivity contribution is 0.0963. The molecule has 0 aliphatic rings. The van der Waals surface area contributed by atoms with Gasteiger partial charge in [-0.25, -0.2) is 14.4 Å². The molecule has 0 aliphatic heterocycles. The van der Waals surface area contributed by atoms with Crippen molar-refractivity contribution in [2.45, 2.75) is 6.92 Å². The number of halogens is 1. The van der Waals surface area contributed by atoms with Crippen LogP contribution in [0, 0.1) is 12.7 Å². The van der Waals surface area contributed by atoms with Gasteiger partial charge in [0.15, 0.2) is 0 Å². The van der Waals surface area contributed by atoms with Crippen LogP contribution < -0.4 is 16.0 Å². The molecule has 3 aromatic heterocycles. The SMILES string of the molecule is CNC(=O)c1cnc(Nc2ccc(F)cn2)cc1Nc1ccc(-c2nnco2)cc1C. The largest absolute Gasteiger partial charge is 0.423 e. The Hall–Kier alpha value is -4.34. The number of benzene rings is 1. The van der Waals surface area contributed by atoms with E-state index in [1.807, 2.05) is 25.1 Å². The zero-order valence-corrected chi connectivity index (χ0v) is 16.7. The maximum Gasteiger partial charge on any atom is 0.254 e. The third kappa shape index (κ3) is 4.47. The van der Waals surface area contributed by atoms with Gasteiger partial charge < -0.3 is 20.4 Å². The Kier molecular flexibility index (Phi) is 5.52. The first kappa shape index (κ1) is 20.0. The van der Waals surface area contributed by atoms with Gasteiger partial charge in [-0.1, -0.05) is 0 Å². The molecule has 9 nitrogen and oxygen atoms in total. The van der Waals surface area contributed by atoms with Crippen LogP contribution in [-0.2, 0) is 0 Å². The van der Waals surface area contributed by atoms with E-state index in [0.717, 1.165) is 23.0 Å². The number of pyridine rings is 2. The molecule has 0 saturated carbocycles. The number of carbonyl (C=O) groups excluding carboxylic acids is 1. The number of amides is 1. The molecule has 0 radical (unpaired) electrons. The Morgan fingerprint density at radius 1 is 1.00 bits per heavy atom. The number of hydrogen-bond acceptors (Lipinski definition) is 8. The zero-order valence-electron chi connectivity index (χ0n) is 16.7. The number of anilines is 4. The number of carbonyl (C=O) groups is 1. The van der Waals surface area contributed by atoms with Gasteiger partial charge in [0.1, 0.15) is 17.5 Å². The van der Waals surface area contributed by atoms with Crippen molar-refractivity contribution >= 4 is 28.9 Å². The van der Waals surface area contributed by atoms with Gasteiger partial charge in [0, 0.05) is 30.6 Å². The Balaban J connectivity index is 1.65. The number of nitrogens with zero attached hydrogens (tertiary/aromatic N) is 4. The van der Waals surface area contributed by atoms with Crippen LogP contribution in [0.4, 0.5) is 27.4 Å². The second-order valence-electron chi connectivity index (χ2n) is 6.58. The molecule has 1 aromatic carbocycles. The molecular formula is C21H18FN7O2. The Morgan fingerprint density at radius 2 is 1.84 bits per heavy atom. The molecule has 3 N–H and O–H groups in total. The van der Waals surface area contributed by atoms with Crippen molar-refractivity contribution < 1.29 is 13.6 Å². The monoisotopic (exact) mass is 419 g/mol. The lowest BCUT2D eigenvalue weighted by atomic mass is 10.1. The van der Waals surface area contributed by atoms with E-state index in [-0.39, 0.29) is 5.91 Å². The number of aromatic nitrogens is 4. The van der Waals surface area contributed by atoms with Crippen LogP contribution in [0.1, 0.15) is 15.9 Å². The molecule has 3 heterocycles. The number of hydrogen-bond donors (Lipinski definition) is 3. The summed E-state index contributed by atoms with van der Waals surface area (Å²) in [6.07, 6.45) is 3.83. The minimum Gasteiger partial charge on any atom is -0.423 e. The standard InChI is InChI=1S/C21H18FN7O2/c1-12-7-13(21-29-26-11-31-21)3-5-16(12)27-17-8-19(25-10-15(17)20(30)23-2)28-18-6-4-14(22)9-24-18/h3-11H,1-2H3,(H,23,30)(H2,24,25,27,28). The van der Waals surface area contributed by atoms with Crippen LogP contribution in [0.2, 0.25) is 0 Å². The van der Waals surface area contributed by atoms with Gasteiger partial charge in [-0.3, -0.25) is 4.79 Å². The van der Waals surface area contributed by atoms with E-state index >= 15 is 0 Å². The molecule has 0 unspecified atom stereocenters. The third-order valence-corrected chi connectivity index (χ3v) is 4.46. The van der Waals surface area contributed by atoms with E-state index in [2.05, 4.69) is 36.1 Å².